The molecule has 3 rings (SSSR count). The molecule has 27 heavy (non-hydrogen) atoms. The van der Waals surface area contributed by atoms with E-state index < -0.39 is 0 Å². The van der Waals surface area contributed by atoms with E-state index in [0.29, 0.717) is 10.0 Å². The number of ether oxygens (including phenoxy) is 2. The quantitative estimate of drug-likeness (QED) is 0.684. The van der Waals surface area contributed by atoms with Gasteiger partial charge in [-0.1, -0.05) is 47.5 Å². The molecule has 2 aromatic rings. The van der Waals surface area contributed by atoms with Crippen molar-refractivity contribution in [3.8, 4) is 11.5 Å². The molecular weight excluding hydrogens is 383 g/mol. The van der Waals surface area contributed by atoms with Crippen molar-refractivity contribution in [3.63, 3.8) is 0 Å². The predicted molar refractivity (Wildman–Crippen MR) is 114 cm³/mol. The van der Waals surface area contributed by atoms with Gasteiger partial charge in [0.05, 0.1) is 30.0 Å². The third-order valence-electron chi connectivity index (χ3n) is 4.73. The van der Waals surface area contributed by atoms with Crippen LogP contribution in [-0.4, -0.2) is 51.8 Å². The lowest BCUT2D eigenvalue weighted by molar-refractivity contribution is 0.284. The molecule has 1 heterocycles. The summed E-state index contributed by atoms with van der Waals surface area (Å²) in [7, 11) is 3.29. The highest BCUT2D eigenvalue weighted by Crippen LogP contribution is 2.33. The number of halogens is 2. The minimum atomic E-state index is 0.606. The molecule has 4 nitrogen and oxygen atoms in total. The Balaban J connectivity index is 1.54. The molecule has 0 atom stereocenters. The molecule has 1 aliphatic heterocycles. The summed E-state index contributed by atoms with van der Waals surface area (Å²) in [6, 6.07) is 11.7. The van der Waals surface area contributed by atoms with Crippen molar-refractivity contribution in [2.24, 2.45) is 0 Å². The van der Waals surface area contributed by atoms with E-state index in [1.165, 1.54) is 0 Å². The van der Waals surface area contributed by atoms with Crippen LogP contribution in [0.4, 0.5) is 5.69 Å². The average Bonchev–Trinajstić information content (AvgIpc) is 2.70. The van der Waals surface area contributed by atoms with Crippen LogP contribution in [0, 0.1) is 0 Å². The largest absolute Gasteiger partial charge is 0.493 e. The summed E-state index contributed by atoms with van der Waals surface area (Å²) in [5.74, 6) is 1.48. The molecule has 1 fully saturated rings. The second-order valence-electron chi connectivity index (χ2n) is 6.38. The Kier molecular flexibility index (Phi) is 6.89. The van der Waals surface area contributed by atoms with E-state index in [9.17, 15) is 0 Å². The molecule has 0 unspecified atom stereocenters. The first kappa shape index (κ1) is 19.9. The molecule has 0 aromatic heterocycles. The number of hydrogen-bond acceptors (Lipinski definition) is 4. The fourth-order valence-electron chi connectivity index (χ4n) is 3.20. The Labute approximate surface area is 170 Å². The lowest BCUT2D eigenvalue weighted by atomic mass is 10.2. The maximum Gasteiger partial charge on any atom is 0.161 e. The zero-order valence-electron chi connectivity index (χ0n) is 15.6. The monoisotopic (exact) mass is 406 g/mol. The molecule has 0 saturated carbocycles. The van der Waals surface area contributed by atoms with Gasteiger partial charge in [-0.05, 0) is 29.8 Å². The normalized spacial score (nSPS) is 15.3. The van der Waals surface area contributed by atoms with Crippen LogP contribution < -0.4 is 14.4 Å². The van der Waals surface area contributed by atoms with Gasteiger partial charge in [0.25, 0.3) is 0 Å². The number of benzene rings is 2. The molecular formula is C21H24Cl2N2O2. The molecule has 0 bridgehead atoms. The summed E-state index contributed by atoms with van der Waals surface area (Å²) in [6.45, 7) is 4.75. The zero-order valence-corrected chi connectivity index (χ0v) is 17.1. The van der Waals surface area contributed by atoms with Gasteiger partial charge < -0.3 is 14.4 Å². The van der Waals surface area contributed by atoms with Crippen molar-refractivity contribution < 1.29 is 9.47 Å². The van der Waals surface area contributed by atoms with Gasteiger partial charge in [-0.25, -0.2) is 0 Å². The molecule has 1 aliphatic rings. The molecule has 0 aliphatic carbocycles. The lowest BCUT2D eigenvalue weighted by Gasteiger charge is -2.36. The van der Waals surface area contributed by atoms with E-state index in [4.69, 9.17) is 32.7 Å². The van der Waals surface area contributed by atoms with Crippen molar-refractivity contribution in [2.75, 3.05) is 51.8 Å². The van der Waals surface area contributed by atoms with Gasteiger partial charge in [0.15, 0.2) is 11.5 Å². The second kappa shape index (κ2) is 9.36. The van der Waals surface area contributed by atoms with Crippen LogP contribution in [0.1, 0.15) is 5.56 Å². The first-order valence-electron chi connectivity index (χ1n) is 8.92. The zero-order chi connectivity index (χ0) is 19.2. The smallest absolute Gasteiger partial charge is 0.161 e. The maximum absolute atomic E-state index is 6.34. The van der Waals surface area contributed by atoms with Crippen LogP contribution in [0.25, 0.3) is 6.08 Å². The minimum Gasteiger partial charge on any atom is -0.493 e. The van der Waals surface area contributed by atoms with E-state index in [1.807, 2.05) is 36.4 Å². The number of methoxy groups -OCH3 is 2. The third-order valence-corrected chi connectivity index (χ3v) is 5.53. The second-order valence-corrected chi connectivity index (χ2v) is 7.16. The van der Waals surface area contributed by atoms with E-state index >= 15 is 0 Å². The summed E-state index contributed by atoms with van der Waals surface area (Å²) in [5, 5.41) is 1.25. The topological polar surface area (TPSA) is 24.9 Å². The van der Waals surface area contributed by atoms with Crippen molar-refractivity contribution in [3.05, 3.63) is 58.1 Å². The van der Waals surface area contributed by atoms with Crippen molar-refractivity contribution >= 4 is 35.0 Å². The summed E-state index contributed by atoms with van der Waals surface area (Å²) in [5.41, 5.74) is 2.11. The fourth-order valence-corrected chi connectivity index (χ4v) is 3.62. The molecule has 0 spiro atoms. The van der Waals surface area contributed by atoms with Crippen molar-refractivity contribution in [1.29, 1.82) is 0 Å². The minimum absolute atomic E-state index is 0.606. The highest BCUT2D eigenvalue weighted by Gasteiger charge is 2.18. The van der Waals surface area contributed by atoms with E-state index in [1.54, 1.807) is 14.2 Å². The number of anilines is 1. The molecule has 1 saturated heterocycles. The van der Waals surface area contributed by atoms with Crippen LogP contribution in [0.5, 0.6) is 11.5 Å². The van der Waals surface area contributed by atoms with Gasteiger partial charge in [-0.3, -0.25) is 4.90 Å². The Morgan fingerprint density at radius 3 is 2.41 bits per heavy atom. The SMILES string of the molecule is COc1ccc(/C=C/CN2CCN(c3cccc(Cl)c3Cl)CC2)cc1OC. The van der Waals surface area contributed by atoms with Gasteiger partial charge in [-0.2, -0.15) is 0 Å². The Morgan fingerprint density at radius 1 is 0.963 bits per heavy atom. The van der Waals surface area contributed by atoms with E-state index in [0.717, 1.165) is 55.5 Å². The van der Waals surface area contributed by atoms with E-state index in [2.05, 4.69) is 22.0 Å². The van der Waals surface area contributed by atoms with Crippen LogP contribution in [-0.2, 0) is 0 Å². The van der Waals surface area contributed by atoms with Gasteiger partial charge in [0, 0.05) is 32.7 Å². The molecule has 2 aromatic carbocycles. The highest BCUT2D eigenvalue weighted by atomic mass is 35.5. The molecule has 0 N–H and O–H groups in total. The Morgan fingerprint density at radius 2 is 1.70 bits per heavy atom. The number of rotatable bonds is 6. The number of piperazine rings is 1. The summed E-state index contributed by atoms with van der Waals surface area (Å²) < 4.78 is 10.6. The van der Waals surface area contributed by atoms with Gasteiger partial charge in [0.1, 0.15) is 0 Å². The van der Waals surface area contributed by atoms with Crippen LogP contribution in [0.15, 0.2) is 42.5 Å². The molecule has 0 radical (unpaired) electrons. The van der Waals surface area contributed by atoms with Crippen LogP contribution in [0.3, 0.4) is 0 Å². The van der Waals surface area contributed by atoms with Crippen molar-refractivity contribution in [2.45, 2.75) is 0 Å². The third kappa shape index (κ3) is 4.89. The average molecular weight is 407 g/mol. The molecule has 6 heteroatoms. The van der Waals surface area contributed by atoms with Gasteiger partial charge in [-0.15, -0.1) is 0 Å². The summed E-state index contributed by atoms with van der Waals surface area (Å²) in [4.78, 5) is 4.72. The van der Waals surface area contributed by atoms with Crippen LogP contribution >= 0.6 is 23.2 Å². The van der Waals surface area contributed by atoms with E-state index in [-0.39, 0.29) is 0 Å². The first-order chi connectivity index (χ1) is 13.1. The molecule has 144 valence electrons. The van der Waals surface area contributed by atoms with Crippen molar-refractivity contribution in [1.82, 2.24) is 4.90 Å². The highest BCUT2D eigenvalue weighted by molar-refractivity contribution is 6.43. The maximum atomic E-state index is 6.34. The van der Waals surface area contributed by atoms with Gasteiger partial charge >= 0.3 is 0 Å². The Hall–Kier alpha value is -1.88. The van der Waals surface area contributed by atoms with Gasteiger partial charge in [0.2, 0.25) is 0 Å². The number of nitrogens with zero attached hydrogens (tertiary/aromatic N) is 2. The number of hydrogen-bond donors (Lipinski definition) is 0. The first-order valence-corrected chi connectivity index (χ1v) is 9.68. The fraction of sp³-hybridized carbons (Fsp3) is 0.333. The Bertz CT molecular complexity index is 803. The summed E-state index contributed by atoms with van der Waals surface area (Å²) >= 11 is 12.5. The van der Waals surface area contributed by atoms with Crippen LogP contribution in [0.2, 0.25) is 10.0 Å². The summed E-state index contributed by atoms with van der Waals surface area (Å²) in [6.07, 6.45) is 4.30. The predicted octanol–water partition coefficient (Wildman–Crippen LogP) is 4.85. The standard InChI is InChI=1S/C21H24Cl2N2O2/c1-26-19-9-8-16(15-20(19)27-2)5-4-10-24-11-13-25(14-12-24)18-7-3-6-17(22)21(18)23/h3-9,15H,10-14H2,1-2H3/b5-4+. The molecule has 0 amide bonds. The lowest BCUT2D eigenvalue weighted by Crippen LogP contribution is -2.46.